The summed E-state index contributed by atoms with van der Waals surface area (Å²) in [7, 11) is 0. The third-order valence-corrected chi connectivity index (χ3v) is 5.41. The van der Waals surface area contributed by atoms with E-state index >= 15 is 0 Å². The van der Waals surface area contributed by atoms with E-state index < -0.39 is 0 Å². The maximum atomic E-state index is 13.9. The van der Waals surface area contributed by atoms with E-state index in [0.29, 0.717) is 48.6 Å². The van der Waals surface area contributed by atoms with Crippen molar-refractivity contribution in [1.82, 2.24) is 14.5 Å². The summed E-state index contributed by atoms with van der Waals surface area (Å²) in [5.74, 6) is 0.442. The second-order valence-electron chi connectivity index (χ2n) is 6.47. The zero-order valence-corrected chi connectivity index (χ0v) is 16.6. The number of imidazole rings is 1. The Labute approximate surface area is 161 Å². The molecule has 0 bridgehead atoms. The van der Waals surface area contributed by atoms with Gasteiger partial charge >= 0.3 is 0 Å². The standard InChI is InChI=1S/C19H23BrFN3O2/c1-3-13(2)23(9-8-14-6-4-5-7-15(14)21)19(25)17-18(20)22-16-12-26-11-10-24(16)17/h4-7,13H,3,8-12H2,1-2H3. The summed E-state index contributed by atoms with van der Waals surface area (Å²) in [5.41, 5.74) is 1.17. The number of carbonyl (C=O) groups excluding carboxylic acids is 1. The first-order valence-corrected chi connectivity index (χ1v) is 9.69. The van der Waals surface area contributed by atoms with Crippen molar-refractivity contribution in [2.24, 2.45) is 0 Å². The van der Waals surface area contributed by atoms with Gasteiger partial charge in [-0.15, -0.1) is 0 Å². The number of ether oxygens (including phenoxy) is 1. The van der Waals surface area contributed by atoms with Crippen molar-refractivity contribution in [3.05, 3.63) is 51.8 Å². The second kappa shape index (κ2) is 8.31. The number of fused-ring (bicyclic) bond motifs is 1. The second-order valence-corrected chi connectivity index (χ2v) is 7.22. The molecule has 3 rings (SSSR count). The van der Waals surface area contributed by atoms with Gasteiger partial charge in [0, 0.05) is 19.1 Å². The number of hydrogen-bond donors (Lipinski definition) is 0. The molecule has 26 heavy (non-hydrogen) atoms. The van der Waals surface area contributed by atoms with Crippen molar-refractivity contribution in [2.75, 3.05) is 13.2 Å². The number of carbonyl (C=O) groups is 1. The van der Waals surface area contributed by atoms with Crippen LogP contribution < -0.4 is 0 Å². The molecule has 1 unspecified atom stereocenters. The molecular weight excluding hydrogens is 401 g/mol. The minimum Gasteiger partial charge on any atom is -0.372 e. The average Bonchev–Trinajstić information content (AvgIpc) is 2.98. The van der Waals surface area contributed by atoms with E-state index in [0.717, 1.165) is 12.2 Å². The van der Waals surface area contributed by atoms with Crippen LogP contribution in [0.15, 0.2) is 28.9 Å². The predicted octanol–water partition coefficient (Wildman–Crippen LogP) is 3.80. The minimum atomic E-state index is -0.232. The van der Waals surface area contributed by atoms with Gasteiger partial charge in [-0.25, -0.2) is 9.37 Å². The third-order valence-electron chi connectivity index (χ3n) is 4.86. The van der Waals surface area contributed by atoms with Crippen LogP contribution in [0, 0.1) is 5.82 Å². The highest BCUT2D eigenvalue weighted by atomic mass is 79.9. The van der Waals surface area contributed by atoms with E-state index in [2.05, 4.69) is 20.9 Å². The lowest BCUT2D eigenvalue weighted by molar-refractivity contribution is 0.0637. The van der Waals surface area contributed by atoms with Crippen molar-refractivity contribution in [1.29, 1.82) is 0 Å². The van der Waals surface area contributed by atoms with E-state index in [9.17, 15) is 9.18 Å². The van der Waals surface area contributed by atoms with Crippen LogP contribution in [0.4, 0.5) is 4.39 Å². The number of benzene rings is 1. The summed E-state index contributed by atoms with van der Waals surface area (Å²) in [6, 6.07) is 6.76. The van der Waals surface area contributed by atoms with Crippen LogP contribution in [0.25, 0.3) is 0 Å². The lowest BCUT2D eigenvalue weighted by Crippen LogP contribution is -2.41. The maximum Gasteiger partial charge on any atom is 0.273 e. The molecular formula is C19H23BrFN3O2. The molecule has 1 aliphatic rings. The number of hydrogen-bond acceptors (Lipinski definition) is 3. The quantitative estimate of drug-likeness (QED) is 0.709. The number of nitrogens with zero attached hydrogens (tertiary/aromatic N) is 3. The van der Waals surface area contributed by atoms with E-state index in [1.165, 1.54) is 6.07 Å². The fourth-order valence-electron chi connectivity index (χ4n) is 3.16. The summed E-state index contributed by atoms with van der Waals surface area (Å²) in [4.78, 5) is 19.5. The predicted molar refractivity (Wildman–Crippen MR) is 100 cm³/mol. The van der Waals surface area contributed by atoms with Gasteiger partial charge in [-0.1, -0.05) is 25.1 Å². The van der Waals surface area contributed by atoms with Crippen LogP contribution in [0.2, 0.25) is 0 Å². The highest BCUT2D eigenvalue weighted by molar-refractivity contribution is 9.10. The normalized spacial score (nSPS) is 14.8. The summed E-state index contributed by atoms with van der Waals surface area (Å²) >= 11 is 3.43. The summed E-state index contributed by atoms with van der Waals surface area (Å²) in [6.07, 6.45) is 1.30. The van der Waals surface area contributed by atoms with Gasteiger partial charge in [-0.05, 0) is 47.3 Å². The van der Waals surface area contributed by atoms with Crippen molar-refractivity contribution in [3.8, 4) is 0 Å². The molecule has 0 saturated carbocycles. The number of aromatic nitrogens is 2. The molecule has 5 nitrogen and oxygen atoms in total. The fourth-order valence-corrected chi connectivity index (χ4v) is 3.75. The van der Waals surface area contributed by atoms with Crippen LogP contribution >= 0.6 is 15.9 Å². The lowest BCUT2D eigenvalue weighted by Gasteiger charge is -2.29. The molecule has 0 N–H and O–H groups in total. The van der Waals surface area contributed by atoms with E-state index in [1.54, 1.807) is 12.1 Å². The highest BCUT2D eigenvalue weighted by Gasteiger charge is 2.29. The molecule has 0 spiro atoms. The van der Waals surface area contributed by atoms with Crippen molar-refractivity contribution >= 4 is 21.8 Å². The average molecular weight is 424 g/mol. The van der Waals surface area contributed by atoms with Gasteiger partial charge in [0.15, 0.2) is 0 Å². The number of halogens is 2. The molecule has 1 aromatic carbocycles. The zero-order valence-electron chi connectivity index (χ0n) is 15.0. The van der Waals surface area contributed by atoms with Gasteiger partial charge in [-0.2, -0.15) is 0 Å². The van der Waals surface area contributed by atoms with E-state index in [4.69, 9.17) is 4.74 Å². The molecule has 1 aromatic heterocycles. The van der Waals surface area contributed by atoms with Gasteiger partial charge in [0.2, 0.25) is 0 Å². The van der Waals surface area contributed by atoms with Gasteiger partial charge in [0.1, 0.15) is 28.5 Å². The zero-order chi connectivity index (χ0) is 18.7. The van der Waals surface area contributed by atoms with Crippen molar-refractivity contribution in [2.45, 2.75) is 45.9 Å². The Hall–Kier alpha value is -1.73. The first-order chi connectivity index (χ1) is 12.5. The van der Waals surface area contributed by atoms with E-state index in [1.807, 2.05) is 29.4 Å². The van der Waals surface area contributed by atoms with Crippen LogP contribution in [-0.4, -0.2) is 39.6 Å². The van der Waals surface area contributed by atoms with Gasteiger partial charge in [0.25, 0.3) is 5.91 Å². The van der Waals surface area contributed by atoms with Gasteiger partial charge in [-0.3, -0.25) is 4.79 Å². The van der Waals surface area contributed by atoms with Crippen LogP contribution in [-0.2, 0) is 24.3 Å². The largest absolute Gasteiger partial charge is 0.372 e. The molecule has 7 heteroatoms. The Balaban J connectivity index is 1.85. The highest BCUT2D eigenvalue weighted by Crippen LogP contribution is 2.24. The molecule has 0 saturated heterocycles. The molecule has 1 atom stereocenters. The Bertz CT molecular complexity index is 793. The molecule has 140 valence electrons. The van der Waals surface area contributed by atoms with Gasteiger partial charge < -0.3 is 14.2 Å². The Morgan fingerprint density at radius 3 is 2.96 bits per heavy atom. The Kier molecular flexibility index (Phi) is 6.09. The molecule has 0 radical (unpaired) electrons. The van der Waals surface area contributed by atoms with Crippen molar-refractivity contribution in [3.63, 3.8) is 0 Å². The fraction of sp³-hybridized carbons (Fsp3) is 0.474. The molecule has 0 fully saturated rings. The van der Waals surface area contributed by atoms with Crippen LogP contribution in [0.1, 0.15) is 42.1 Å². The number of rotatable bonds is 6. The molecule has 2 aromatic rings. The lowest BCUT2D eigenvalue weighted by atomic mass is 10.1. The smallest absolute Gasteiger partial charge is 0.273 e. The topological polar surface area (TPSA) is 47.4 Å². The molecule has 0 aliphatic carbocycles. The van der Waals surface area contributed by atoms with Gasteiger partial charge in [0.05, 0.1) is 6.61 Å². The maximum absolute atomic E-state index is 13.9. The summed E-state index contributed by atoms with van der Waals surface area (Å²) in [6.45, 7) is 6.10. The Morgan fingerprint density at radius 2 is 2.23 bits per heavy atom. The van der Waals surface area contributed by atoms with Crippen LogP contribution in [0.3, 0.4) is 0 Å². The third kappa shape index (κ3) is 3.83. The van der Waals surface area contributed by atoms with E-state index in [-0.39, 0.29) is 17.8 Å². The first kappa shape index (κ1) is 19.0. The molecule has 1 aliphatic heterocycles. The van der Waals surface area contributed by atoms with Crippen molar-refractivity contribution < 1.29 is 13.9 Å². The van der Waals surface area contributed by atoms with Crippen LogP contribution in [0.5, 0.6) is 0 Å². The monoisotopic (exact) mass is 423 g/mol. The summed E-state index contributed by atoms with van der Waals surface area (Å²) in [5, 5.41) is 0. The SMILES string of the molecule is CCC(C)N(CCc1ccccc1F)C(=O)c1c(Br)nc2n1CCOC2. The molecule has 2 heterocycles. The Morgan fingerprint density at radius 1 is 1.46 bits per heavy atom. The molecule has 1 amide bonds. The minimum absolute atomic E-state index is 0.0483. The number of amides is 1. The summed E-state index contributed by atoms with van der Waals surface area (Å²) < 4.78 is 21.8. The first-order valence-electron chi connectivity index (χ1n) is 8.90.